The van der Waals surface area contributed by atoms with Gasteiger partial charge >= 0.3 is 0 Å². The van der Waals surface area contributed by atoms with Crippen LogP contribution in [0.2, 0.25) is 0 Å². The van der Waals surface area contributed by atoms with E-state index in [1.807, 2.05) is 44.2 Å². The molecule has 7 heteroatoms. The molecule has 0 saturated heterocycles. The largest absolute Gasteiger partial charge is 0.491 e. The Hall–Kier alpha value is -3.35. The summed E-state index contributed by atoms with van der Waals surface area (Å²) in [5.74, 6) is 0.819. The van der Waals surface area contributed by atoms with Gasteiger partial charge in [-0.3, -0.25) is 0 Å². The van der Waals surface area contributed by atoms with Crippen LogP contribution in [-0.2, 0) is 6.54 Å². The molecule has 6 nitrogen and oxygen atoms in total. The first-order valence-corrected chi connectivity index (χ1v) is 8.64. The Morgan fingerprint density at radius 2 is 1.85 bits per heavy atom. The van der Waals surface area contributed by atoms with Gasteiger partial charge in [-0.1, -0.05) is 0 Å². The average Bonchev–Trinajstić information content (AvgIpc) is 3.11. The van der Waals surface area contributed by atoms with Crippen LogP contribution in [0.4, 0.5) is 10.1 Å². The maximum absolute atomic E-state index is 13.0. The second-order valence-corrected chi connectivity index (χ2v) is 6.25. The molecule has 3 rings (SSSR count). The van der Waals surface area contributed by atoms with Crippen molar-refractivity contribution in [1.29, 1.82) is 0 Å². The fourth-order valence-corrected chi connectivity index (χ4v) is 2.43. The molecule has 0 spiro atoms. The van der Waals surface area contributed by atoms with Crippen LogP contribution in [0.25, 0.3) is 5.69 Å². The minimum absolute atomic E-state index is 0.130. The van der Waals surface area contributed by atoms with Crippen molar-refractivity contribution in [1.82, 2.24) is 9.78 Å². The molecule has 3 aromatic rings. The molecule has 0 aliphatic carbocycles. The van der Waals surface area contributed by atoms with E-state index in [1.165, 1.54) is 12.1 Å². The molecule has 0 fully saturated rings. The molecule has 27 heavy (non-hydrogen) atoms. The molecule has 1 aromatic heterocycles. The smallest absolute Gasteiger partial charge is 0.193 e. The highest BCUT2D eigenvalue weighted by atomic mass is 19.1. The molecule has 0 atom stereocenters. The summed E-state index contributed by atoms with van der Waals surface area (Å²) in [6.07, 6.45) is 1.93. The third kappa shape index (κ3) is 5.31. The lowest BCUT2D eigenvalue weighted by Gasteiger charge is -2.10. The van der Waals surface area contributed by atoms with Crippen molar-refractivity contribution < 1.29 is 9.13 Å². The van der Waals surface area contributed by atoms with Crippen LogP contribution < -0.4 is 15.8 Å². The van der Waals surface area contributed by atoms with Crippen LogP contribution in [0.15, 0.2) is 65.8 Å². The highest BCUT2D eigenvalue weighted by molar-refractivity contribution is 5.92. The van der Waals surface area contributed by atoms with Gasteiger partial charge in [-0.05, 0) is 68.4 Å². The standard InChI is InChI=1S/C20H22FN5O/c1-14(2)27-19-9-5-16(6-10-19)24-20(22)23-13-17-11-12-26(25-17)18-7-3-15(21)4-8-18/h3-12,14H,13H2,1-2H3,(H3,22,23,24). The second kappa shape index (κ2) is 8.35. The Morgan fingerprint density at radius 3 is 2.52 bits per heavy atom. The van der Waals surface area contributed by atoms with Crippen molar-refractivity contribution in [3.63, 3.8) is 0 Å². The van der Waals surface area contributed by atoms with Crippen molar-refractivity contribution in [3.05, 3.63) is 72.3 Å². The monoisotopic (exact) mass is 367 g/mol. The highest BCUT2D eigenvalue weighted by Gasteiger charge is 2.03. The first kappa shape index (κ1) is 18.4. The average molecular weight is 367 g/mol. The van der Waals surface area contributed by atoms with E-state index in [-0.39, 0.29) is 11.9 Å². The third-order valence-corrected chi connectivity index (χ3v) is 3.65. The Kier molecular flexibility index (Phi) is 5.71. The Labute approximate surface area is 157 Å². The molecule has 0 aliphatic rings. The maximum Gasteiger partial charge on any atom is 0.193 e. The Bertz CT molecular complexity index is 901. The van der Waals surface area contributed by atoms with E-state index in [0.29, 0.717) is 12.5 Å². The second-order valence-electron chi connectivity index (χ2n) is 6.25. The minimum atomic E-state index is -0.279. The van der Waals surface area contributed by atoms with Crippen LogP contribution in [0, 0.1) is 5.82 Å². The lowest BCUT2D eigenvalue weighted by molar-refractivity contribution is 0.242. The van der Waals surface area contributed by atoms with Crippen molar-refractivity contribution in [2.75, 3.05) is 5.32 Å². The number of nitrogens with two attached hydrogens (primary N) is 1. The zero-order chi connectivity index (χ0) is 19.2. The van der Waals surface area contributed by atoms with Gasteiger partial charge in [-0.25, -0.2) is 14.1 Å². The van der Waals surface area contributed by atoms with Crippen LogP contribution in [-0.4, -0.2) is 21.8 Å². The summed E-state index contributed by atoms with van der Waals surface area (Å²) < 4.78 is 20.3. The van der Waals surface area contributed by atoms with Gasteiger partial charge in [0, 0.05) is 11.9 Å². The van der Waals surface area contributed by atoms with Gasteiger partial charge in [0.2, 0.25) is 0 Å². The van der Waals surface area contributed by atoms with E-state index in [4.69, 9.17) is 10.5 Å². The minimum Gasteiger partial charge on any atom is -0.491 e. The van der Waals surface area contributed by atoms with E-state index in [0.717, 1.165) is 22.8 Å². The van der Waals surface area contributed by atoms with E-state index < -0.39 is 0 Å². The first-order chi connectivity index (χ1) is 13.0. The fraction of sp³-hybridized carbons (Fsp3) is 0.200. The predicted octanol–water partition coefficient (Wildman–Crippen LogP) is 3.73. The number of hydrogen-bond acceptors (Lipinski definition) is 3. The van der Waals surface area contributed by atoms with Gasteiger partial charge in [0.05, 0.1) is 24.0 Å². The number of benzene rings is 2. The van der Waals surface area contributed by atoms with Gasteiger partial charge < -0.3 is 15.8 Å². The summed E-state index contributed by atoms with van der Waals surface area (Å²) in [6, 6.07) is 15.5. The lowest BCUT2D eigenvalue weighted by Crippen LogP contribution is -2.22. The molecule has 3 N–H and O–H groups in total. The number of anilines is 1. The molecule has 1 heterocycles. The number of aromatic nitrogens is 2. The summed E-state index contributed by atoms with van der Waals surface area (Å²) in [7, 11) is 0. The number of nitrogens with one attached hydrogen (secondary N) is 1. The Balaban J connectivity index is 1.58. The van der Waals surface area contributed by atoms with Gasteiger partial charge in [0.15, 0.2) is 5.96 Å². The molecule has 0 bridgehead atoms. The third-order valence-electron chi connectivity index (χ3n) is 3.65. The maximum atomic E-state index is 13.0. The lowest BCUT2D eigenvalue weighted by atomic mass is 10.3. The highest BCUT2D eigenvalue weighted by Crippen LogP contribution is 2.16. The van der Waals surface area contributed by atoms with Gasteiger partial charge in [0.1, 0.15) is 11.6 Å². The number of nitrogens with zero attached hydrogens (tertiary/aromatic N) is 3. The predicted molar refractivity (Wildman–Crippen MR) is 105 cm³/mol. The van der Waals surface area contributed by atoms with Crippen LogP contribution in [0.3, 0.4) is 0 Å². The molecule has 2 aromatic carbocycles. The summed E-state index contributed by atoms with van der Waals surface area (Å²) in [5.41, 5.74) is 8.30. The van der Waals surface area contributed by atoms with Crippen molar-refractivity contribution in [2.24, 2.45) is 10.7 Å². The summed E-state index contributed by atoms with van der Waals surface area (Å²) in [5, 5.41) is 7.45. The molecular formula is C20H22FN5O. The number of hydrogen-bond donors (Lipinski definition) is 2. The Morgan fingerprint density at radius 1 is 1.15 bits per heavy atom. The van der Waals surface area contributed by atoms with Crippen LogP contribution >= 0.6 is 0 Å². The summed E-state index contributed by atoms with van der Waals surface area (Å²) in [4.78, 5) is 4.30. The zero-order valence-corrected chi connectivity index (χ0v) is 15.3. The molecule has 0 aliphatic heterocycles. The zero-order valence-electron chi connectivity index (χ0n) is 15.3. The SMILES string of the molecule is CC(C)Oc1ccc(NC(N)=NCc2ccn(-c3ccc(F)cc3)n2)cc1. The van der Waals surface area contributed by atoms with Crippen molar-refractivity contribution in [3.8, 4) is 11.4 Å². The number of ether oxygens (including phenoxy) is 1. The molecule has 0 unspecified atom stereocenters. The van der Waals surface area contributed by atoms with Crippen molar-refractivity contribution in [2.45, 2.75) is 26.5 Å². The van der Waals surface area contributed by atoms with Crippen molar-refractivity contribution >= 4 is 11.6 Å². The molecule has 0 saturated carbocycles. The topological polar surface area (TPSA) is 77.5 Å². The number of halogens is 1. The van der Waals surface area contributed by atoms with E-state index in [2.05, 4.69) is 15.4 Å². The van der Waals surface area contributed by atoms with Crippen LogP contribution in [0.1, 0.15) is 19.5 Å². The number of aliphatic imine (C=N–C) groups is 1. The fourth-order valence-electron chi connectivity index (χ4n) is 2.43. The number of rotatable bonds is 6. The van der Waals surface area contributed by atoms with E-state index in [9.17, 15) is 4.39 Å². The quantitative estimate of drug-likeness (QED) is 0.514. The van der Waals surface area contributed by atoms with Gasteiger partial charge in [-0.15, -0.1) is 0 Å². The molecular weight excluding hydrogens is 345 g/mol. The molecule has 0 radical (unpaired) electrons. The van der Waals surface area contributed by atoms with Gasteiger partial charge in [-0.2, -0.15) is 5.10 Å². The normalized spacial score (nSPS) is 11.6. The molecule has 140 valence electrons. The van der Waals surface area contributed by atoms with E-state index in [1.54, 1.807) is 23.0 Å². The first-order valence-electron chi connectivity index (χ1n) is 8.64. The van der Waals surface area contributed by atoms with E-state index >= 15 is 0 Å². The van der Waals surface area contributed by atoms with Crippen LogP contribution in [0.5, 0.6) is 5.75 Å². The molecule has 0 amide bonds. The number of guanidine groups is 1. The summed E-state index contributed by atoms with van der Waals surface area (Å²) in [6.45, 7) is 4.30. The van der Waals surface area contributed by atoms with Gasteiger partial charge in [0.25, 0.3) is 0 Å². The summed E-state index contributed by atoms with van der Waals surface area (Å²) >= 11 is 0.